The molecule has 43 heavy (non-hydrogen) atoms. The topological polar surface area (TPSA) is 181 Å². The minimum atomic E-state index is -1.31. The number of likely N-dealkylation sites (tertiary alicyclic amines) is 1. The van der Waals surface area contributed by atoms with Crippen molar-refractivity contribution in [3.63, 3.8) is 0 Å². The lowest BCUT2D eigenvalue weighted by Crippen LogP contribution is -2.36. The van der Waals surface area contributed by atoms with E-state index in [1.807, 2.05) is 0 Å². The number of carboxylic acids is 1. The molecule has 0 bridgehead atoms. The highest BCUT2D eigenvalue weighted by Crippen LogP contribution is 2.53. The van der Waals surface area contributed by atoms with Crippen molar-refractivity contribution >= 4 is 58.4 Å². The Bertz CT molecular complexity index is 1670. The number of thiazole rings is 1. The number of carbonyl (C=O) groups is 5. The summed E-state index contributed by atoms with van der Waals surface area (Å²) in [6, 6.07) is 11.0. The van der Waals surface area contributed by atoms with Crippen molar-refractivity contribution in [2.45, 2.75) is 23.1 Å². The van der Waals surface area contributed by atoms with E-state index in [2.05, 4.69) is 10.3 Å². The Morgan fingerprint density at radius 3 is 2.47 bits per heavy atom. The Kier molecular flexibility index (Phi) is 8.54. The van der Waals surface area contributed by atoms with Gasteiger partial charge in [0.05, 0.1) is 30.2 Å². The van der Waals surface area contributed by atoms with Gasteiger partial charge >= 0.3 is 16.8 Å². The summed E-state index contributed by atoms with van der Waals surface area (Å²) in [4.78, 5) is 78.0. The van der Waals surface area contributed by atoms with Crippen LogP contribution in [-0.4, -0.2) is 76.8 Å². The lowest BCUT2D eigenvalue weighted by molar-refractivity contribution is -0.149. The summed E-state index contributed by atoms with van der Waals surface area (Å²) >= 11 is 1.96. The quantitative estimate of drug-likeness (QED) is 0.222. The third-order valence-corrected chi connectivity index (χ3v) is 9.20. The number of ether oxygens (including phenoxy) is 3. The van der Waals surface area contributed by atoms with Gasteiger partial charge in [0, 0.05) is 16.5 Å². The molecule has 0 aliphatic carbocycles. The lowest BCUT2D eigenvalue weighted by Gasteiger charge is -2.30. The number of thioether (sulfide) groups is 1. The summed E-state index contributed by atoms with van der Waals surface area (Å²) in [5, 5.41) is 11.5. The molecule has 3 heterocycles. The SMILES string of the molecule is CCOC(=O)c1ccc(NC(=O)COc2ccc([C@@H]3c4sc(=O)[nH]c4S[C@@H]4C(=O)N(CC(=O)O)C(=O)[C@H]34)cc2OC)cc1. The summed E-state index contributed by atoms with van der Waals surface area (Å²) in [6.45, 7) is 0.825. The Labute approximate surface area is 252 Å². The van der Waals surface area contributed by atoms with Gasteiger partial charge in [-0.05, 0) is 48.9 Å². The standard InChI is InChI=1S/C28H25N3O10S2/c1-3-40-27(37)13-4-7-15(8-5-13)29-18(32)12-41-16-9-6-14(10-17(16)39-2)20-21-23(42-24-22(20)43-28(38)30-24)26(36)31(25(21)35)11-19(33)34/h4-10,20-21,23H,3,11-12H2,1-2H3,(H,29,32)(H,30,38)(H,33,34)/t20-,21+,23-/m0/s1. The zero-order chi connectivity index (χ0) is 30.8. The van der Waals surface area contributed by atoms with E-state index in [0.29, 0.717) is 26.7 Å². The summed E-state index contributed by atoms with van der Waals surface area (Å²) in [6.07, 6.45) is 0. The number of rotatable bonds is 10. The first-order valence-corrected chi connectivity index (χ1v) is 14.6. The molecule has 2 aromatic carbocycles. The molecule has 5 rings (SSSR count). The maximum Gasteiger partial charge on any atom is 0.338 e. The molecular formula is C28H25N3O10S2. The first-order valence-electron chi connectivity index (χ1n) is 13.0. The van der Waals surface area contributed by atoms with E-state index in [4.69, 9.17) is 14.2 Å². The van der Waals surface area contributed by atoms with Gasteiger partial charge in [-0.1, -0.05) is 29.2 Å². The fourth-order valence-corrected chi connectivity index (χ4v) is 7.50. The number of fused-ring (bicyclic) bond motifs is 2. The molecule has 0 spiro atoms. The number of aliphatic carboxylic acids is 1. The third-order valence-electron chi connectivity index (χ3n) is 6.79. The molecular weight excluding hydrogens is 602 g/mol. The molecule has 0 radical (unpaired) electrons. The predicted molar refractivity (Wildman–Crippen MR) is 154 cm³/mol. The number of hydrogen-bond acceptors (Lipinski definition) is 11. The highest BCUT2D eigenvalue weighted by Gasteiger charge is 2.56. The van der Waals surface area contributed by atoms with Crippen LogP contribution in [0.4, 0.5) is 5.69 Å². The first kappa shape index (κ1) is 29.8. The largest absolute Gasteiger partial charge is 0.493 e. The molecule has 15 heteroatoms. The van der Waals surface area contributed by atoms with Crippen LogP contribution < -0.4 is 19.7 Å². The number of nitrogens with one attached hydrogen (secondary N) is 2. The number of amides is 3. The summed E-state index contributed by atoms with van der Waals surface area (Å²) in [7, 11) is 1.40. The molecule has 0 saturated carbocycles. The van der Waals surface area contributed by atoms with Crippen LogP contribution in [0, 0.1) is 5.92 Å². The van der Waals surface area contributed by atoms with Gasteiger partial charge in [-0.15, -0.1) is 0 Å². The number of esters is 1. The number of aromatic amines is 1. The number of aromatic nitrogens is 1. The van der Waals surface area contributed by atoms with Gasteiger partial charge in [0.25, 0.3) is 5.91 Å². The van der Waals surface area contributed by atoms with Crippen molar-refractivity contribution in [2.75, 3.05) is 32.2 Å². The Hall–Kier alpha value is -4.63. The molecule has 1 saturated heterocycles. The zero-order valence-electron chi connectivity index (χ0n) is 22.8. The van der Waals surface area contributed by atoms with Crippen molar-refractivity contribution in [1.82, 2.24) is 9.88 Å². The van der Waals surface area contributed by atoms with E-state index in [1.165, 1.54) is 19.2 Å². The van der Waals surface area contributed by atoms with Crippen LogP contribution in [0.3, 0.4) is 0 Å². The number of carboxylic acid groups (broad SMARTS) is 1. The maximum atomic E-state index is 13.3. The summed E-state index contributed by atoms with van der Waals surface area (Å²) < 4.78 is 16.1. The van der Waals surface area contributed by atoms with Gasteiger partial charge in [0.1, 0.15) is 11.8 Å². The third kappa shape index (κ3) is 5.99. The molecule has 3 N–H and O–H groups in total. The second-order valence-corrected chi connectivity index (χ2v) is 11.6. The smallest absolute Gasteiger partial charge is 0.338 e. The van der Waals surface area contributed by atoms with E-state index >= 15 is 0 Å². The van der Waals surface area contributed by atoms with Crippen LogP contribution in [0.25, 0.3) is 0 Å². The van der Waals surface area contributed by atoms with Gasteiger partial charge < -0.3 is 29.6 Å². The van der Waals surface area contributed by atoms with Crippen molar-refractivity contribution in [1.29, 1.82) is 0 Å². The van der Waals surface area contributed by atoms with Crippen molar-refractivity contribution < 1.29 is 43.3 Å². The highest BCUT2D eigenvalue weighted by atomic mass is 32.2. The van der Waals surface area contributed by atoms with E-state index in [0.717, 1.165) is 28.0 Å². The number of imide groups is 1. The summed E-state index contributed by atoms with van der Waals surface area (Å²) in [5.74, 6) is -4.72. The van der Waals surface area contributed by atoms with Crippen LogP contribution in [0.5, 0.6) is 11.5 Å². The molecule has 2 aliphatic heterocycles. The van der Waals surface area contributed by atoms with Crippen molar-refractivity contribution in [3.8, 4) is 11.5 Å². The number of H-pyrrole nitrogens is 1. The van der Waals surface area contributed by atoms with E-state index in [-0.39, 0.29) is 29.6 Å². The van der Waals surface area contributed by atoms with Gasteiger partial charge in [-0.25, -0.2) is 4.79 Å². The zero-order valence-corrected chi connectivity index (χ0v) is 24.4. The van der Waals surface area contributed by atoms with Crippen LogP contribution in [-0.2, 0) is 23.9 Å². The fourth-order valence-electron chi connectivity index (χ4n) is 4.97. The van der Waals surface area contributed by atoms with Crippen LogP contribution in [0.15, 0.2) is 52.3 Å². The van der Waals surface area contributed by atoms with Crippen LogP contribution in [0.1, 0.15) is 33.6 Å². The molecule has 1 aromatic heterocycles. The highest BCUT2D eigenvalue weighted by molar-refractivity contribution is 8.00. The van der Waals surface area contributed by atoms with Gasteiger partial charge in [-0.2, -0.15) is 0 Å². The average Bonchev–Trinajstić information content (AvgIpc) is 3.46. The summed E-state index contributed by atoms with van der Waals surface area (Å²) in [5.41, 5.74) is 1.34. The molecule has 0 unspecified atom stereocenters. The number of nitrogens with zero attached hydrogens (tertiary/aromatic N) is 1. The van der Waals surface area contributed by atoms with Crippen molar-refractivity contribution in [3.05, 3.63) is 68.1 Å². The monoisotopic (exact) mass is 627 g/mol. The van der Waals surface area contributed by atoms with Crippen LogP contribution >= 0.6 is 23.1 Å². The minimum Gasteiger partial charge on any atom is -0.493 e. The molecule has 3 aromatic rings. The first-order chi connectivity index (χ1) is 20.6. The predicted octanol–water partition coefficient (Wildman–Crippen LogP) is 2.31. The van der Waals surface area contributed by atoms with Gasteiger partial charge in [-0.3, -0.25) is 28.9 Å². The van der Waals surface area contributed by atoms with E-state index < -0.39 is 53.3 Å². The maximum absolute atomic E-state index is 13.3. The van der Waals surface area contributed by atoms with Crippen LogP contribution in [0.2, 0.25) is 0 Å². The van der Waals surface area contributed by atoms with E-state index in [9.17, 15) is 33.9 Å². The van der Waals surface area contributed by atoms with E-state index in [1.54, 1.807) is 37.3 Å². The second-order valence-electron chi connectivity index (χ2n) is 9.45. The Morgan fingerprint density at radius 2 is 1.79 bits per heavy atom. The molecule has 3 amide bonds. The molecule has 13 nitrogen and oxygen atoms in total. The Morgan fingerprint density at radius 1 is 1.05 bits per heavy atom. The number of methoxy groups -OCH3 is 1. The van der Waals surface area contributed by atoms with Crippen molar-refractivity contribution in [2.24, 2.45) is 5.92 Å². The number of anilines is 1. The van der Waals surface area contributed by atoms with Gasteiger partial charge in [0.2, 0.25) is 11.8 Å². The number of carbonyl (C=O) groups excluding carboxylic acids is 4. The fraction of sp³-hybridized carbons (Fsp3) is 0.286. The molecule has 3 atom stereocenters. The number of hydrogen-bond donors (Lipinski definition) is 3. The molecule has 224 valence electrons. The Balaban J connectivity index is 1.34. The normalized spacial score (nSPS) is 18.9. The molecule has 2 aliphatic rings. The minimum absolute atomic E-state index is 0.226. The second kappa shape index (κ2) is 12.3. The molecule has 1 fully saturated rings. The lowest BCUT2D eigenvalue weighted by atomic mass is 9.83. The number of benzene rings is 2. The van der Waals surface area contributed by atoms with Gasteiger partial charge in [0.15, 0.2) is 18.1 Å². The average molecular weight is 628 g/mol.